The molecule has 1 aliphatic rings. The van der Waals surface area contributed by atoms with Crippen molar-refractivity contribution in [1.29, 1.82) is 0 Å². The van der Waals surface area contributed by atoms with Crippen LogP contribution in [-0.4, -0.2) is 59.5 Å². The van der Waals surface area contributed by atoms with E-state index in [-0.39, 0.29) is 18.7 Å². The van der Waals surface area contributed by atoms with Gasteiger partial charge in [0.15, 0.2) is 0 Å². The van der Waals surface area contributed by atoms with Crippen LogP contribution in [-0.2, 0) is 30.1 Å². The lowest BCUT2D eigenvalue weighted by Crippen LogP contribution is -2.35. The molecule has 1 aromatic rings. The molecule has 1 unspecified atom stereocenters. The van der Waals surface area contributed by atoms with Crippen LogP contribution in [0.1, 0.15) is 36.3 Å². The minimum atomic E-state index is -5.21. The minimum Gasteiger partial charge on any atom is -0.478 e. The van der Waals surface area contributed by atoms with E-state index in [0.717, 1.165) is 7.11 Å². The second kappa shape index (κ2) is 15.0. The van der Waals surface area contributed by atoms with Crippen LogP contribution in [0.4, 0.5) is 22.0 Å². The average molecular weight is 599 g/mol. The Bertz CT molecular complexity index is 1230. The quantitative estimate of drug-likeness (QED) is 0.115. The molecule has 0 radical (unpaired) electrons. The van der Waals surface area contributed by atoms with Crippen LogP contribution >= 0.6 is 11.6 Å². The standard InChI is InChI=1S/C20H20ClF5N2O4.C4H4O4/c1-32-19(31)15-12(8-22)28-11(4-2-3-7-27)14(18(29)30)16(15)13-10(23)6-5-9(21)17(13)20(24,25)26;5-3(6)1-2-4(7)8/h5-6,16,28H,2-4,7-8,27H2,1H3,(H,29,30);1-2H,(H,5,6)(H,7,8)/b;2-1-. The summed E-state index contributed by atoms with van der Waals surface area (Å²) in [6.07, 6.45) is -3.40. The number of rotatable bonds is 10. The molecule has 1 aliphatic heterocycles. The number of carbonyl (C=O) groups is 4. The van der Waals surface area contributed by atoms with Crippen molar-refractivity contribution in [2.24, 2.45) is 5.73 Å². The highest BCUT2D eigenvalue weighted by Crippen LogP contribution is 2.48. The molecule has 2 rings (SSSR count). The number of nitrogens with two attached hydrogens (primary N) is 1. The Labute approximate surface area is 228 Å². The average Bonchev–Trinajstić information content (AvgIpc) is 2.86. The fourth-order valence-corrected chi connectivity index (χ4v) is 4.00. The van der Waals surface area contributed by atoms with Crippen LogP contribution in [0.25, 0.3) is 0 Å². The van der Waals surface area contributed by atoms with Crippen molar-refractivity contribution in [3.63, 3.8) is 0 Å². The summed E-state index contributed by atoms with van der Waals surface area (Å²) in [4.78, 5) is 43.7. The summed E-state index contributed by atoms with van der Waals surface area (Å²) in [6.45, 7) is -1.13. The van der Waals surface area contributed by atoms with Crippen LogP contribution in [0.3, 0.4) is 0 Å². The summed E-state index contributed by atoms with van der Waals surface area (Å²) in [5.41, 5.74) is 0.335. The molecular weight excluding hydrogens is 575 g/mol. The van der Waals surface area contributed by atoms with Gasteiger partial charge in [-0.2, -0.15) is 13.2 Å². The summed E-state index contributed by atoms with van der Waals surface area (Å²) in [6, 6.07) is 1.28. The molecule has 0 aliphatic carbocycles. The summed E-state index contributed by atoms with van der Waals surface area (Å²) in [5.74, 6) is -9.15. The number of unbranched alkanes of at least 4 members (excludes halogenated alkanes) is 1. The number of aliphatic carboxylic acids is 3. The molecule has 16 heteroatoms. The smallest absolute Gasteiger partial charge is 0.418 e. The van der Waals surface area contributed by atoms with Gasteiger partial charge in [0.25, 0.3) is 0 Å². The first-order chi connectivity index (χ1) is 18.6. The Kier molecular flexibility index (Phi) is 12.7. The molecule has 0 saturated carbocycles. The van der Waals surface area contributed by atoms with E-state index in [1.807, 2.05) is 0 Å². The fraction of sp³-hybridized carbons (Fsp3) is 0.333. The van der Waals surface area contributed by atoms with Gasteiger partial charge in [-0.05, 0) is 37.9 Å². The zero-order valence-corrected chi connectivity index (χ0v) is 21.4. The molecule has 0 aromatic heterocycles. The van der Waals surface area contributed by atoms with Gasteiger partial charge in [-0.1, -0.05) is 11.6 Å². The normalized spacial score (nSPS) is 15.3. The van der Waals surface area contributed by atoms with Gasteiger partial charge in [0.05, 0.1) is 40.5 Å². The Morgan fingerprint density at radius 1 is 1.05 bits per heavy atom. The lowest BCUT2D eigenvalue weighted by atomic mass is 9.77. The number of allylic oxidation sites excluding steroid dienone is 2. The third-order valence-electron chi connectivity index (χ3n) is 5.26. The van der Waals surface area contributed by atoms with Gasteiger partial charge in [-0.15, -0.1) is 0 Å². The maximum Gasteiger partial charge on any atom is 0.418 e. The number of halogens is 6. The molecule has 220 valence electrons. The summed E-state index contributed by atoms with van der Waals surface area (Å²) in [7, 11) is 0.877. The Morgan fingerprint density at radius 3 is 2.05 bits per heavy atom. The molecule has 0 amide bonds. The Morgan fingerprint density at radius 2 is 1.62 bits per heavy atom. The number of hydrogen-bond acceptors (Lipinski definition) is 7. The van der Waals surface area contributed by atoms with Gasteiger partial charge < -0.3 is 31.1 Å². The van der Waals surface area contributed by atoms with Gasteiger partial charge in [0.2, 0.25) is 0 Å². The SMILES string of the molecule is COC(=O)C1=C(CF)NC(CCCCN)=C(C(=O)O)C1c1c(F)ccc(Cl)c1C(F)(F)F.O=C(O)/C=C\C(=O)O. The van der Waals surface area contributed by atoms with Crippen molar-refractivity contribution in [2.45, 2.75) is 31.4 Å². The fourth-order valence-electron chi connectivity index (χ4n) is 3.73. The van der Waals surface area contributed by atoms with Crippen molar-refractivity contribution < 1.29 is 61.2 Å². The van der Waals surface area contributed by atoms with Crippen molar-refractivity contribution >= 4 is 35.5 Å². The molecule has 0 saturated heterocycles. The van der Waals surface area contributed by atoms with Gasteiger partial charge in [-0.25, -0.2) is 28.0 Å². The molecular formula is C24H24ClF5N2O8. The van der Waals surface area contributed by atoms with Gasteiger partial charge in [0, 0.05) is 23.4 Å². The second-order valence-electron chi connectivity index (χ2n) is 7.84. The molecule has 40 heavy (non-hydrogen) atoms. The highest BCUT2D eigenvalue weighted by atomic mass is 35.5. The highest BCUT2D eigenvalue weighted by Gasteiger charge is 2.46. The van der Waals surface area contributed by atoms with E-state index in [1.54, 1.807) is 0 Å². The molecule has 0 fully saturated rings. The maximum absolute atomic E-state index is 14.9. The van der Waals surface area contributed by atoms with E-state index >= 15 is 0 Å². The van der Waals surface area contributed by atoms with Gasteiger partial charge in [0.1, 0.15) is 12.5 Å². The summed E-state index contributed by atoms with van der Waals surface area (Å²) < 4.78 is 74.9. The predicted molar refractivity (Wildman–Crippen MR) is 129 cm³/mol. The number of dihydropyridines is 1. The van der Waals surface area contributed by atoms with E-state index in [9.17, 15) is 46.2 Å². The van der Waals surface area contributed by atoms with Crippen LogP contribution in [0, 0.1) is 5.82 Å². The number of benzene rings is 1. The van der Waals surface area contributed by atoms with E-state index < -0.39 is 81.5 Å². The Balaban J connectivity index is 0.000000869. The first-order valence-corrected chi connectivity index (χ1v) is 11.5. The molecule has 1 heterocycles. The first kappa shape index (κ1) is 34.0. The predicted octanol–water partition coefficient (Wildman–Crippen LogP) is 3.76. The van der Waals surface area contributed by atoms with Gasteiger partial charge >= 0.3 is 30.1 Å². The Hall–Kier alpha value is -3.98. The zero-order chi connectivity index (χ0) is 30.8. The number of carboxylic acids is 3. The number of nitrogens with one attached hydrogen (secondary N) is 1. The third-order valence-corrected chi connectivity index (χ3v) is 5.58. The number of hydrogen-bond donors (Lipinski definition) is 5. The summed E-state index contributed by atoms with van der Waals surface area (Å²) >= 11 is 5.72. The first-order valence-electron chi connectivity index (χ1n) is 11.1. The van der Waals surface area contributed by atoms with Crippen molar-refractivity contribution in [2.75, 3.05) is 20.3 Å². The van der Waals surface area contributed by atoms with Crippen LogP contribution in [0.15, 0.2) is 46.8 Å². The van der Waals surface area contributed by atoms with Crippen LogP contribution in [0.5, 0.6) is 0 Å². The lowest BCUT2D eigenvalue weighted by Gasteiger charge is -2.32. The number of carboxylic acid groups (broad SMARTS) is 3. The van der Waals surface area contributed by atoms with E-state index in [0.29, 0.717) is 37.1 Å². The number of carbonyl (C=O) groups excluding carboxylic acids is 1. The molecule has 0 bridgehead atoms. The van der Waals surface area contributed by atoms with Crippen molar-refractivity contribution in [1.82, 2.24) is 5.32 Å². The second-order valence-corrected chi connectivity index (χ2v) is 8.25. The van der Waals surface area contributed by atoms with Crippen LogP contribution < -0.4 is 11.1 Å². The maximum atomic E-state index is 14.9. The highest BCUT2D eigenvalue weighted by molar-refractivity contribution is 6.31. The van der Waals surface area contributed by atoms with Crippen molar-refractivity contribution in [3.05, 3.63) is 68.8 Å². The number of alkyl halides is 4. The van der Waals surface area contributed by atoms with E-state index in [1.165, 1.54) is 0 Å². The molecule has 10 nitrogen and oxygen atoms in total. The van der Waals surface area contributed by atoms with E-state index in [4.69, 9.17) is 27.5 Å². The number of methoxy groups -OCH3 is 1. The third kappa shape index (κ3) is 8.77. The molecule has 6 N–H and O–H groups in total. The lowest BCUT2D eigenvalue weighted by molar-refractivity contribution is -0.140. The zero-order valence-electron chi connectivity index (χ0n) is 20.7. The minimum absolute atomic E-state index is 0.0448. The van der Waals surface area contributed by atoms with Crippen LogP contribution in [0.2, 0.25) is 5.02 Å². The van der Waals surface area contributed by atoms with E-state index in [2.05, 4.69) is 10.1 Å². The topological polar surface area (TPSA) is 176 Å². The molecule has 0 spiro atoms. The summed E-state index contributed by atoms with van der Waals surface area (Å²) in [5, 5.41) is 27.0. The van der Waals surface area contributed by atoms with Gasteiger partial charge in [-0.3, -0.25) is 0 Å². The number of ether oxygens (including phenoxy) is 1. The number of esters is 1. The largest absolute Gasteiger partial charge is 0.478 e. The van der Waals surface area contributed by atoms with Crippen molar-refractivity contribution in [3.8, 4) is 0 Å². The molecule has 1 aromatic carbocycles. The monoisotopic (exact) mass is 598 g/mol. The molecule has 1 atom stereocenters.